The van der Waals surface area contributed by atoms with Crippen molar-refractivity contribution in [2.45, 2.75) is 25.7 Å². The quantitative estimate of drug-likeness (QED) is 0.503. The Labute approximate surface area is 125 Å². The zero-order valence-corrected chi connectivity index (χ0v) is 13.0. The molecule has 0 bridgehead atoms. The Morgan fingerprint density at radius 1 is 1.16 bits per heavy atom. The van der Waals surface area contributed by atoms with Crippen LogP contribution in [0.25, 0.3) is 0 Å². The lowest BCUT2D eigenvalue weighted by atomic mass is 9.81. The Morgan fingerprint density at radius 3 is 2.21 bits per heavy atom. The van der Waals surface area contributed by atoms with Crippen LogP contribution >= 0.6 is 23.2 Å². The maximum Gasteiger partial charge on any atom is 0.123 e. The van der Waals surface area contributed by atoms with Gasteiger partial charge in [0, 0.05) is 30.4 Å². The summed E-state index contributed by atoms with van der Waals surface area (Å²) in [6.45, 7) is 5.55. The van der Waals surface area contributed by atoms with Gasteiger partial charge in [-0.1, -0.05) is 26.0 Å². The van der Waals surface area contributed by atoms with Crippen molar-refractivity contribution in [1.29, 1.82) is 0 Å². The molecular formula is C15H21Cl2FO. The first-order valence-corrected chi connectivity index (χ1v) is 7.56. The first-order valence-electron chi connectivity index (χ1n) is 6.50. The topological polar surface area (TPSA) is 9.23 Å². The van der Waals surface area contributed by atoms with Crippen molar-refractivity contribution >= 4 is 23.2 Å². The molecule has 0 heterocycles. The van der Waals surface area contributed by atoms with Crippen LogP contribution in [0, 0.1) is 11.7 Å². The van der Waals surface area contributed by atoms with E-state index in [-0.39, 0.29) is 11.2 Å². The second-order valence-electron chi connectivity index (χ2n) is 5.27. The van der Waals surface area contributed by atoms with Crippen molar-refractivity contribution in [2.75, 3.05) is 25.0 Å². The van der Waals surface area contributed by atoms with E-state index in [0.29, 0.717) is 24.3 Å². The molecule has 0 saturated heterocycles. The molecule has 1 rings (SSSR count). The van der Waals surface area contributed by atoms with Crippen molar-refractivity contribution in [3.05, 3.63) is 35.6 Å². The highest BCUT2D eigenvalue weighted by atomic mass is 35.5. The molecule has 0 aliphatic carbocycles. The average Bonchev–Trinajstić information content (AvgIpc) is 2.41. The molecule has 0 aliphatic heterocycles. The van der Waals surface area contributed by atoms with Crippen LogP contribution in [0.15, 0.2) is 24.3 Å². The summed E-state index contributed by atoms with van der Waals surface area (Å²) >= 11 is 12.2. The van der Waals surface area contributed by atoms with Gasteiger partial charge in [-0.2, -0.15) is 0 Å². The number of hydrogen-bond acceptors (Lipinski definition) is 1. The van der Waals surface area contributed by atoms with Crippen LogP contribution in [0.3, 0.4) is 0 Å². The van der Waals surface area contributed by atoms with E-state index < -0.39 is 0 Å². The third-order valence-electron chi connectivity index (χ3n) is 3.14. The van der Waals surface area contributed by atoms with Gasteiger partial charge in [-0.05, 0) is 30.0 Å². The number of halogens is 3. The van der Waals surface area contributed by atoms with Crippen LogP contribution in [0.2, 0.25) is 0 Å². The Hall–Kier alpha value is -0.310. The highest BCUT2D eigenvalue weighted by Gasteiger charge is 2.30. The number of alkyl halides is 2. The maximum absolute atomic E-state index is 13.0. The number of ether oxygens (including phenoxy) is 1. The van der Waals surface area contributed by atoms with E-state index in [1.54, 1.807) is 12.1 Å². The smallest absolute Gasteiger partial charge is 0.123 e. The van der Waals surface area contributed by atoms with E-state index in [4.69, 9.17) is 27.9 Å². The Balaban J connectivity index is 2.70. The average molecular weight is 307 g/mol. The van der Waals surface area contributed by atoms with Crippen LogP contribution in [0.4, 0.5) is 4.39 Å². The summed E-state index contributed by atoms with van der Waals surface area (Å²) < 4.78 is 18.6. The van der Waals surface area contributed by atoms with Gasteiger partial charge in [0.05, 0.1) is 0 Å². The molecule has 0 atom stereocenters. The van der Waals surface area contributed by atoms with E-state index in [9.17, 15) is 4.39 Å². The van der Waals surface area contributed by atoms with E-state index in [1.807, 2.05) is 0 Å². The molecule has 0 aromatic heterocycles. The minimum atomic E-state index is -0.353. The van der Waals surface area contributed by atoms with Crippen molar-refractivity contribution in [3.63, 3.8) is 0 Å². The molecule has 0 unspecified atom stereocenters. The van der Waals surface area contributed by atoms with Gasteiger partial charge in [0.2, 0.25) is 0 Å². The largest absolute Gasteiger partial charge is 0.381 e. The van der Waals surface area contributed by atoms with Gasteiger partial charge >= 0.3 is 0 Å². The van der Waals surface area contributed by atoms with Crippen LogP contribution in [0.1, 0.15) is 25.8 Å². The molecule has 19 heavy (non-hydrogen) atoms. The first-order chi connectivity index (χ1) is 9.04. The van der Waals surface area contributed by atoms with Gasteiger partial charge in [-0.3, -0.25) is 0 Å². The van der Waals surface area contributed by atoms with E-state index in [2.05, 4.69) is 13.8 Å². The molecule has 1 aromatic rings. The predicted molar refractivity (Wildman–Crippen MR) is 79.8 cm³/mol. The lowest BCUT2D eigenvalue weighted by molar-refractivity contribution is 0.0970. The summed E-state index contributed by atoms with van der Waals surface area (Å²) in [6, 6.07) is 6.39. The normalized spacial score (nSPS) is 12.1. The summed E-state index contributed by atoms with van der Waals surface area (Å²) in [5.74, 6) is 1.05. The lowest BCUT2D eigenvalue weighted by Crippen LogP contribution is -2.32. The molecule has 0 amide bonds. The SMILES string of the molecule is CC(C)COCCC(CCl)(CCl)c1ccc(F)cc1. The highest BCUT2D eigenvalue weighted by molar-refractivity contribution is 6.22. The third-order valence-corrected chi connectivity index (χ3v) is 4.17. The Kier molecular flexibility index (Phi) is 7.12. The molecule has 1 nitrogen and oxygen atoms in total. The summed E-state index contributed by atoms with van der Waals surface area (Å²) in [6.07, 6.45) is 0.734. The zero-order chi connectivity index (χ0) is 14.3. The molecule has 0 radical (unpaired) electrons. The highest BCUT2D eigenvalue weighted by Crippen LogP contribution is 2.31. The third kappa shape index (κ3) is 4.94. The van der Waals surface area contributed by atoms with Crippen molar-refractivity contribution < 1.29 is 9.13 Å². The van der Waals surface area contributed by atoms with E-state index >= 15 is 0 Å². The van der Waals surface area contributed by atoms with Crippen LogP contribution < -0.4 is 0 Å². The summed E-state index contributed by atoms with van der Waals surface area (Å²) in [5.41, 5.74) is 0.611. The number of benzene rings is 1. The second kappa shape index (κ2) is 8.08. The molecular weight excluding hydrogens is 286 g/mol. The van der Waals surface area contributed by atoms with E-state index in [1.165, 1.54) is 12.1 Å². The monoisotopic (exact) mass is 306 g/mol. The molecule has 0 saturated carbocycles. The molecule has 0 aliphatic rings. The summed E-state index contributed by atoms with van der Waals surface area (Å²) in [5, 5.41) is 0. The van der Waals surface area contributed by atoms with Crippen molar-refractivity contribution in [3.8, 4) is 0 Å². The van der Waals surface area contributed by atoms with Gasteiger partial charge < -0.3 is 4.74 Å². The molecule has 4 heteroatoms. The minimum Gasteiger partial charge on any atom is -0.381 e. The first kappa shape index (κ1) is 16.7. The Morgan fingerprint density at radius 2 is 1.74 bits per heavy atom. The standard InChI is InChI=1S/C15H21Cl2FO/c1-12(2)9-19-8-7-15(10-16,11-17)13-3-5-14(18)6-4-13/h3-6,12H,7-11H2,1-2H3. The van der Waals surface area contributed by atoms with Gasteiger partial charge in [0.1, 0.15) is 5.82 Å². The molecule has 1 aromatic carbocycles. The van der Waals surface area contributed by atoms with Crippen LogP contribution in [0.5, 0.6) is 0 Å². The molecule has 0 fully saturated rings. The molecule has 0 N–H and O–H groups in total. The zero-order valence-electron chi connectivity index (χ0n) is 11.5. The summed E-state index contributed by atoms with van der Waals surface area (Å²) in [4.78, 5) is 0. The number of rotatable bonds is 8. The predicted octanol–water partition coefficient (Wildman–Crippen LogP) is 4.60. The number of hydrogen-bond donors (Lipinski definition) is 0. The molecule has 108 valence electrons. The van der Waals surface area contributed by atoms with E-state index in [0.717, 1.165) is 18.6 Å². The van der Waals surface area contributed by atoms with Gasteiger partial charge in [-0.25, -0.2) is 4.39 Å². The van der Waals surface area contributed by atoms with Gasteiger partial charge in [-0.15, -0.1) is 23.2 Å². The maximum atomic E-state index is 13.0. The van der Waals surface area contributed by atoms with Crippen molar-refractivity contribution in [2.24, 2.45) is 5.92 Å². The second-order valence-corrected chi connectivity index (χ2v) is 5.81. The van der Waals surface area contributed by atoms with Crippen molar-refractivity contribution in [1.82, 2.24) is 0 Å². The lowest BCUT2D eigenvalue weighted by Gasteiger charge is -2.30. The summed E-state index contributed by atoms with van der Waals surface area (Å²) in [7, 11) is 0. The van der Waals surface area contributed by atoms with Crippen LogP contribution in [-0.2, 0) is 10.2 Å². The van der Waals surface area contributed by atoms with Gasteiger partial charge in [0.15, 0.2) is 0 Å². The fourth-order valence-electron chi connectivity index (χ4n) is 1.86. The Bertz CT molecular complexity index is 361. The minimum absolute atomic E-state index is 0.252. The van der Waals surface area contributed by atoms with Crippen LogP contribution in [-0.4, -0.2) is 25.0 Å². The fourth-order valence-corrected chi connectivity index (χ4v) is 2.72. The molecule has 0 spiro atoms. The van der Waals surface area contributed by atoms with Gasteiger partial charge in [0.25, 0.3) is 0 Å². The fraction of sp³-hybridized carbons (Fsp3) is 0.600.